The van der Waals surface area contributed by atoms with Crippen LogP contribution in [0.2, 0.25) is 5.02 Å². The highest BCUT2D eigenvalue weighted by Crippen LogP contribution is 2.26. The Bertz CT molecular complexity index is 1220. The number of carbonyl (C=O) groups is 1. The second kappa shape index (κ2) is 9.11. The predicted octanol–water partition coefficient (Wildman–Crippen LogP) is 6.04. The molecule has 0 fully saturated rings. The third kappa shape index (κ3) is 4.53. The molecule has 0 aliphatic carbocycles. The van der Waals surface area contributed by atoms with Crippen LogP contribution in [0.1, 0.15) is 15.9 Å². The Morgan fingerprint density at radius 2 is 1.77 bits per heavy atom. The van der Waals surface area contributed by atoms with Gasteiger partial charge in [0, 0.05) is 20.9 Å². The molecule has 1 N–H and O–H groups in total. The lowest BCUT2D eigenvalue weighted by molar-refractivity contribution is 0.0956. The number of para-hydroxylation sites is 1. The normalized spacial score (nSPS) is 11.1. The van der Waals surface area contributed by atoms with Crippen LogP contribution in [-0.2, 0) is 0 Å². The van der Waals surface area contributed by atoms with Gasteiger partial charge in [0.25, 0.3) is 5.91 Å². The zero-order chi connectivity index (χ0) is 20.9. The smallest absolute Gasteiger partial charge is 0.267 e. The van der Waals surface area contributed by atoms with Crippen LogP contribution in [0.25, 0.3) is 22.2 Å². The molecule has 1 aromatic heterocycles. The van der Waals surface area contributed by atoms with Crippen molar-refractivity contribution in [2.75, 3.05) is 6.26 Å². The molecule has 0 saturated carbocycles. The number of hydrogen-bond donors (Lipinski definition) is 1. The lowest BCUT2D eigenvalue weighted by atomic mass is 10.0. The number of rotatable bonds is 5. The Labute approximate surface area is 184 Å². The first kappa shape index (κ1) is 20.1. The molecule has 148 valence electrons. The van der Waals surface area contributed by atoms with Crippen molar-refractivity contribution in [2.45, 2.75) is 4.90 Å². The number of pyridine rings is 1. The van der Waals surface area contributed by atoms with Gasteiger partial charge in [0.15, 0.2) is 0 Å². The summed E-state index contributed by atoms with van der Waals surface area (Å²) < 4.78 is 0. The molecule has 0 radical (unpaired) electrons. The predicted molar refractivity (Wildman–Crippen MR) is 125 cm³/mol. The van der Waals surface area contributed by atoms with E-state index in [1.807, 2.05) is 66.9 Å². The fourth-order valence-corrected chi connectivity index (χ4v) is 3.58. The SMILES string of the molecule is CSc1ccc(C=NNC(=O)c2cc(-c3ccc(Cl)cc3)nc3ccccc23)cc1. The minimum Gasteiger partial charge on any atom is -0.267 e. The molecule has 4 rings (SSSR count). The van der Waals surface area contributed by atoms with Gasteiger partial charge in [-0.25, -0.2) is 10.4 Å². The van der Waals surface area contributed by atoms with Crippen LogP contribution in [0, 0.1) is 0 Å². The molecule has 0 aliphatic rings. The molecule has 4 nitrogen and oxygen atoms in total. The summed E-state index contributed by atoms with van der Waals surface area (Å²) in [7, 11) is 0. The first-order valence-electron chi connectivity index (χ1n) is 9.27. The summed E-state index contributed by atoms with van der Waals surface area (Å²) in [6.07, 6.45) is 3.66. The zero-order valence-electron chi connectivity index (χ0n) is 16.2. The lowest BCUT2D eigenvalue weighted by Gasteiger charge is -2.09. The van der Waals surface area contributed by atoms with Crippen LogP contribution in [0.3, 0.4) is 0 Å². The maximum Gasteiger partial charge on any atom is 0.272 e. The number of benzene rings is 3. The van der Waals surface area contributed by atoms with Crippen LogP contribution in [0.5, 0.6) is 0 Å². The fraction of sp³-hybridized carbons (Fsp3) is 0.0417. The number of thioether (sulfide) groups is 1. The van der Waals surface area contributed by atoms with Crippen molar-refractivity contribution in [1.82, 2.24) is 10.4 Å². The Balaban J connectivity index is 1.63. The summed E-state index contributed by atoms with van der Waals surface area (Å²) in [5.41, 5.74) is 6.39. The number of halogens is 1. The van der Waals surface area contributed by atoms with Crippen LogP contribution in [-0.4, -0.2) is 23.4 Å². The van der Waals surface area contributed by atoms with E-state index in [1.54, 1.807) is 36.2 Å². The number of nitrogens with zero attached hydrogens (tertiary/aromatic N) is 2. The molecule has 0 bridgehead atoms. The molecule has 6 heteroatoms. The molecule has 0 saturated heterocycles. The van der Waals surface area contributed by atoms with Gasteiger partial charge in [0.2, 0.25) is 0 Å². The standard InChI is InChI=1S/C24H18ClN3OS/c1-30-19-12-6-16(7-13-19)15-26-28-24(29)21-14-23(17-8-10-18(25)11-9-17)27-22-5-3-2-4-20(21)22/h2-15H,1H3,(H,28,29). The van der Waals surface area contributed by atoms with Crippen molar-refractivity contribution in [3.05, 3.63) is 95.0 Å². The minimum absolute atomic E-state index is 0.291. The molecule has 0 atom stereocenters. The van der Waals surface area contributed by atoms with Crippen LogP contribution >= 0.6 is 23.4 Å². The first-order chi connectivity index (χ1) is 14.6. The maximum absolute atomic E-state index is 12.9. The van der Waals surface area contributed by atoms with E-state index in [-0.39, 0.29) is 5.91 Å². The van der Waals surface area contributed by atoms with E-state index in [0.717, 1.165) is 22.0 Å². The van der Waals surface area contributed by atoms with Crippen molar-refractivity contribution < 1.29 is 4.79 Å². The lowest BCUT2D eigenvalue weighted by Crippen LogP contribution is -2.18. The van der Waals surface area contributed by atoms with Crippen molar-refractivity contribution in [2.24, 2.45) is 5.10 Å². The van der Waals surface area contributed by atoms with Gasteiger partial charge >= 0.3 is 0 Å². The molecular formula is C24H18ClN3OS. The number of fused-ring (bicyclic) bond motifs is 1. The number of amides is 1. The summed E-state index contributed by atoms with van der Waals surface area (Å²) >= 11 is 7.68. The van der Waals surface area contributed by atoms with Gasteiger partial charge in [0.1, 0.15) is 0 Å². The Kier molecular flexibility index (Phi) is 6.12. The van der Waals surface area contributed by atoms with Gasteiger partial charge in [0.05, 0.1) is 23.0 Å². The largest absolute Gasteiger partial charge is 0.272 e. The maximum atomic E-state index is 12.9. The Hall–Kier alpha value is -3.15. The van der Waals surface area contributed by atoms with Gasteiger partial charge in [-0.15, -0.1) is 11.8 Å². The topological polar surface area (TPSA) is 54.4 Å². The van der Waals surface area contributed by atoms with E-state index >= 15 is 0 Å². The molecule has 0 unspecified atom stereocenters. The number of hydrazone groups is 1. The second-order valence-electron chi connectivity index (χ2n) is 6.55. The average Bonchev–Trinajstić information content (AvgIpc) is 2.79. The van der Waals surface area contributed by atoms with Crippen LogP contribution < -0.4 is 5.43 Å². The highest BCUT2D eigenvalue weighted by molar-refractivity contribution is 7.98. The fourth-order valence-electron chi connectivity index (χ4n) is 3.05. The van der Waals surface area contributed by atoms with Gasteiger partial charge in [-0.3, -0.25) is 4.79 Å². The summed E-state index contributed by atoms with van der Waals surface area (Å²) in [5.74, 6) is -0.291. The highest BCUT2D eigenvalue weighted by atomic mass is 35.5. The third-order valence-electron chi connectivity index (χ3n) is 4.60. The minimum atomic E-state index is -0.291. The average molecular weight is 432 g/mol. The van der Waals surface area contributed by atoms with E-state index < -0.39 is 0 Å². The van der Waals surface area contributed by atoms with Gasteiger partial charge in [-0.2, -0.15) is 5.10 Å². The number of carbonyl (C=O) groups excluding carboxylic acids is 1. The molecule has 3 aromatic carbocycles. The number of nitrogens with one attached hydrogen (secondary N) is 1. The van der Waals surface area contributed by atoms with E-state index in [1.165, 1.54) is 4.90 Å². The summed E-state index contributed by atoms with van der Waals surface area (Å²) in [6.45, 7) is 0. The Morgan fingerprint density at radius 1 is 1.03 bits per heavy atom. The third-order valence-corrected chi connectivity index (χ3v) is 5.59. The zero-order valence-corrected chi connectivity index (χ0v) is 17.7. The van der Waals surface area contributed by atoms with Crippen molar-refractivity contribution in [1.29, 1.82) is 0 Å². The van der Waals surface area contributed by atoms with E-state index in [4.69, 9.17) is 16.6 Å². The molecule has 0 spiro atoms. The van der Waals surface area contributed by atoms with Crippen molar-refractivity contribution in [3.63, 3.8) is 0 Å². The van der Waals surface area contributed by atoms with E-state index in [9.17, 15) is 4.79 Å². The van der Waals surface area contributed by atoms with Crippen LogP contribution in [0.15, 0.2) is 88.9 Å². The molecule has 1 heterocycles. The molecule has 1 amide bonds. The van der Waals surface area contributed by atoms with E-state index in [2.05, 4.69) is 10.5 Å². The van der Waals surface area contributed by atoms with Gasteiger partial charge < -0.3 is 0 Å². The van der Waals surface area contributed by atoms with Crippen molar-refractivity contribution >= 4 is 46.4 Å². The molecule has 4 aromatic rings. The first-order valence-corrected chi connectivity index (χ1v) is 10.9. The number of hydrogen-bond acceptors (Lipinski definition) is 4. The monoisotopic (exact) mass is 431 g/mol. The summed E-state index contributed by atoms with van der Waals surface area (Å²) in [6, 6.07) is 24.7. The van der Waals surface area contributed by atoms with Crippen molar-refractivity contribution in [3.8, 4) is 11.3 Å². The molecule has 0 aliphatic heterocycles. The quantitative estimate of drug-likeness (QED) is 0.238. The summed E-state index contributed by atoms with van der Waals surface area (Å²) in [4.78, 5) is 18.8. The number of aromatic nitrogens is 1. The second-order valence-corrected chi connectivity index (χ2v) is 7.87. The van der Waals surface area contributed by atoms with Crippen LogP contribution in [0.4, 0.5) is 0 Å². The molecule has 30 heavy (non-hydrogen) atoms. The van der Waals surface area contributed by atoms with Gasteiger partial charge in [-0.1, -0.05) is 54.1 Å². The Morgan fingerprint density at radius 3 is 2.50 bits per heavy atom. The summed E-state index contributed by atoms with van der Waals surface area (Å²) in [5, 5.41) is 5.55. The molecular weight excluding hydrogens is 414 g/mol. The highest BCUT2D eigenvalue weighted by Gasteiger charge is 2.13. The van der Waals surface area contributed by atoms with E-state index in [0.29, 0.717) is 16.3 Å². The van der Waals surface area contributed by atoms with Gasteiger partial charge in [-0.05, 0) is 48.2 Å².